The van der Waals surface area contributed by atoms with Crippen LogP contribution in [0.2, 0.25) is 0 Å². The lowest BCUT2D eigenvalue weighted by atomic mass is 10.0. The van der Waals surface area contributed by atoms with Crippen LogP contribution < -0.4 is 0 Å². The number of carbonyl (C=O) groups excluding carboxylic acids is 1. The molecule has 0 unspecified atom stereocenters. The molecule has 0 aliphatic carbocycles. The van der Waals surface area contributed by atoms with Crippen LogP contribution in [0.1, 0.15) is 122 Å². The Morgan fingerprint density at radius 2 is 0.564 bits per heavy atom. The van der Waals surface area contributed by atoms with Crippen LogP contribution in [0.25, 0.3) is 0 Å². The summed E-state index contributed by atoms with van der Waals surface area (Å²) < 4.78 is 61.6. The molecule has 0 spiro atoms. The first-order chi connectivity index (χ1) is 27.3. The molecule has 0 fully saturated rings. The van der Waals surface area contributed by atoms with Crippen molar-refractivity contribution in [3.8, 4) is 0 Å². The van der Waals surface area contributed by atoms with E-state index in [9.17, 15) is 4.79 Å². The SMILES string of the molecule is CCCCCCCCCCCCCCCC(=O)OCCOCCOCCOCCOCCOCCOCCOCCOCCOCCOCCCCCCI. The van der Waals surface area contributed by atoms with Crippen LogP contribution in [0.4, 0.5) is 0 Å². The zero-order valence-electron chi connectivity index (χ0n) is 35.1. The Labute approximate surface area is 349 Å². The lowest BCUT2D eigenvalue weighted by Crippen LogP contribution is -2.15. The highest BCUT2D eigenvalue weighted by atomic mass is 127. The second kappa shape index (κ2) is 51.8. The molecule has 0 aromatic heterocycles. The van der Waals surface area contributed by atoms with Crippen molar-refractivity contribution in [1.82, 2.24) is 0 Å². The summed E-state index contributed by atoms with van der Waals surface area (Å²) in [7, 11) is 0. The van der Waals surface area contributed by atoms with Gasteiger partial charge in [-0.3, -0.25) is 4.79 Å². The molecule has 13 heteroatoms. The summed E-state index contributed by atoms with van der Waals surface area (Å²) in [5, 5.41) is 0. The van der Waals surface area contributed by atoms with E-state index < -0.39 is 0 Å². The Hall–Kier alpha value is -0.200. The molecule has 0 amide bonds. The molecule has 0 rings (SSSR count). The van der Waals surface area contributed by atoms with Crippen molar-refractivity contribution in [2.24, 2.45) is 0 Å². The third-order valence-electron chi connectivity index (χ3n) is 8.50. The van der Waals surface area contributed by atoms with Crippen molar-refractivity contribution in [3.63, 3.8) is 0 Å². The Bertz CT molecular complexity index is 709. The van der Waals surface area contributed by atoms with Crippen LogP contribution >= 0.6 is 22.6 Å². The minimum atomic E-state index is -0.129. The molecular formula is C42H83IO12. The fourth-order valence-corrected chi connectivity index (χ4v) is 5.85. The molecule has 0 saturated heterocycles. The molecular weight excluding hydrogens is 823 g/mol. The topological polar surface area (TPSA) is 119 Å². The molecule has 12 nitrogen and oxygen atoms in total. The van der Waals surface area contributed by atoms with Crippen molar-refractivity contribution in [3.05, 3.63) is 0 Å². The van der Waals surface area contributed by atoms with E-state index in [0.29, 0.717) is 139 Å². The number of carbonyl (C=O) groups is 1. The van der Waals surface area contributed by atoms with Crippen LogP contribution in [0, 0.1) is 0 Å². The maximum absolute atomic E-state index is 11.9. The number of ether oxygens (including phenoxy) is 11. The summed E-state index contributed by atoms with van der Waals surface area (Å²) in [5.74, 6) is -0.129. The standard InChI is InChI=1S/C42H83IO12/c1-2-3-4-5-6-7-8-9-10-11-12-13-16-19-42(44)55-41-40-54-39-38-53-37-36-52-35-34-51-33-32-50-31-30-49-29-28-48-27-26-47-25-24-46-23-22-45-21-18-15-14-17-20-43/h2-41H2,1H3. The lowest BCUT2D eigenvalue weighted by molar-refractivity contribution is -0.145. The maximum atomic E-state index is 11.9. The lowest BCUT2D eigenvalue weighted by Gasteiger charge is -2.09. The molecule has 0 aliphatic heterocycles. The van der Waals surface area contributed by atoms with Gasteiger partial charge in [0.2, 0.25) is 0 Å². The summed E-state index contributed by atoms with van der Waals surface area (Å²) in [4.78, 5) is 11.9. The molecule has 0 N–H and O–H groups in total. The van der Waals surface area contributed by atoms with Gasteiger partial charge < -0.3 is 52.1 Å². The van der Waals surface area contributed by atoms with Crippen molar-refractivity contribution in [2.75, 3.05) is 143 Å². The van der Waals surface area contributed by atoms with E-state index in [1.54, 1.807) is 0 Å². The van der Waals surface area contributed by atoms with Gasteiger partial charge in [0.1, 0.15) is 6.61 Å². The number of unbranched alkanes of at least 4 members (excludes halogenated alkanes) is 15. The van der Waals surface area contributed by atoms with Gasteiger partial charge in [-0.1, -0.05) is 119 Å². The smallest absolute Gasteiger partial charge is 0.305 e. The molecule has 55 heavy (non-hydrogen) atoms. The fourth-order valence-electron chi connectivity index (χ4n) is 5.31. The molecule has 0 aliphatic rings. The van der Waals surface area contributed by atoms with Crippen LogP contribution in [-0.4, -0.2) is 149 Å². The number of rotatable bonds is 50. The molecule has 0 radical (unpaired) electrons. The largest absolute Gasteiger partial charge is 0.463 e. The molecule has 0 atom stereocenters. The number of esters is 1. The van der Waals surface area contributed by atoms with Gasteiger partial charge in [-0.15, -0.1) is 0 Å². The van der Waals surface area contributed by atoms with Crippen LogP contribution in [0.5, 0.6) is 0 Å². The van der Waals surface area contributed by atoms with Gasteiger partial charge in [-0.2, -0.15) is 0 Å². The second-order valence-corrected chi connectivity index (χ2v) is 14.5. The normalized spacial score (nSPS) is 11.5. The first kappa shape index (κ1) is 54.8. The van der Waals surface area contributed by atoms with E-state index in [-0.39, 0.29) is 5.97 Å². The highest BCUT2D eigenvalue weighted by molar-refractivity contribution is 14.1. The number of alkyl halides is 1. The van der Waals surface area contributed by atoms with E-state index in [1.807, 2.05) is 0 Å². The zero-order valence-corrected chi connectivity index (χ0v) is 37.2. The van der Waals surface area contributed by atoms with Gasteiger partial charge >= 0.3 is 5.97 Å². The van der Waals surface area contributed by atoms with Crippen molar-refractivity contribution >= 4 is 28.6 Å². The highest BCUT2D eigenvalue weighted by Crippen LogP contribution is 2.13. The molecule has 0 bridgehead atoms. The number of halogens is 1. The minimum absolute atomic E-state index is 0.129. The number of hydrogen-bond acceptors (Lipinski definition) is 12. The van der Waals surface area contributed by atoms with Gasteiger partial charge in [0, 0.05) is 13.0 Å². The number of hydrogen-bond donors (Lipinski definition) is 0. The van der Waals surface area contributed by atoms with E-state index >= 15 is 0 Å². The first-order valence-corrected chi connectivity index (χ1v) is 23.3. The average Bonchev–Trinajstić information content (AvgIpc) is 3.19. The van der Waals surface area contributed by atoms with Crippen LogP contribution in [0.3, 0.4) is 0 Å². The van der Waals surface area contributed by atoms with Crippen LogP contribution in [-0.2, 0) is 56.9 Å². The minimum Gasteiger partial charge on any atom is -0.463 e. The molecule has 0 heterocycles. The average molecular weight is 907 g/mol. The molecule has 0 aromatic rings. The Morgan fingerprint density at radius 1 is 0.309 bits per heavy atom. The van der Waals surface area contributed by atoms with E-state index in [2.05, 4.69) is 29.5 Å². The van der Waals surface area contributed by atoms with Crippen molar-refractivity contribution in [1.29, 1.82) is 0 Å². The van der Waals surface area contributed by atoms with E-state index in [4.69, 9.17) is 52.1 Å². The van der Waals surface area contributed by atoms with Gasteiger partial charge in [0.05, 0.1) is 126 Å². The van der Waals surface area contributed by atoms with Gasteiger partial charge in [-0.05, 0) is 23.7 Å². The molecule has 330 valence electrons. The third-order valence-corrected chi connectivity index (χ3v) is 9.26. The molecule has 0 saturated carbocycles. The quantitative estimate of drug-likeness (QED) is 0.0254. The predicted octanol–water partition coefficient (Wildman–Crippen LogP) is 8.17. The van der Waals surface area contributed by atoms with Crippen molar-refractivity contribution in [2.45, 2.75) is 122 Å². The van der Waals surface area contributed by atoms with Gasteiger partial charge in [0.15, 0.2) is 0 Å². The zero-order chi connectivity index (χ0) is 39.6. The highest BCUT2D eigenvalue weighted by Gasteiger charge is 2.03. The van der Waals surface area contributed by atoms with E-state index in [1.165, 1.54) is 94.3 Å². The predicted molar refractivity (Wildman–Crippen MR) is 227 cm³/mol. The Kier molecular flexibility index (Phi) is 51.6. The maximum Gasteiger partial charge on any atom is 0.305 e. The third kappa shape index (κ3) is 51.8. The van der Waals surface area contributed by atoms with Gasteiger partial charge in [-0.25, -0.2) is 0 Å². The first-order valence-electron chi connectivity index (χ1n) is 21.8. The van der Waals surface area contributed by atoms with Crippen LogP contribution in [0.15, 0.2) is 0 Å². The van der Waals surface area contributed by atoms with E-state index in [0.717, 1.165) is 25.9 Å². The van der Waals surface area contributed by atoms with Gasteiger partial charge in [0.25, 0.3) is 0 Å². The summed E-state index contributed by atoms with van der Waals surface area (Å²) in [6.07, 6.45) is 22.3. The fraction of sp³-hybridized carbons (Fsp3) is 0.976. The molecule has 0 aromatic carbocycles. The Morgan fingerprint density at radius 3 is 0.891 bits per heavy atom. The van der Waals surface area contributed by atoms with Crippen molar-refractivity contribution < 1.29 is 56.9 Å². The summed E-state index contributed by atoms with van der Waals surface area (Å²) >= 11 is 2.42. The summed E-state index contributed by atoms with van der Waals surface area (Å²) in [6, 6.07) is 0. The summed E-state index contributed by atoms with van der Waals surface area (Å²) in [5.41, 5.74) is 0. The second-order valence-electron chi connectivity index (χ2n) is 13.4. The Balaban J connectivity index is 3.12. The summed E-state index contributed by atoms with van der Waals surface area (Å²) in [6.45, 7) is 13.2. The monoisotopic (exact) mass is 906 g/mol.